The lowest BCUT2D eigenvalue weighted by Gasteiger charge is -2.00. The zero-order valence-corrected chi connectivity index (χ0v) is 5.42. The van der Waals surface area contributed by atoms with E-state index in [1.54, 1.807) is 0 Å². The maximum atomic E-state index is 9.99. The van der Waals surface area contributed by atoms with E-state index >= 15 is 0 Å². The third kappa shape index (κ3) is 1.79. The molecule has 1 aliphatic carbocycles. The van der Waals surface area contributed by atoms with E-state index in [2.05, 4.69) is 0 Å². The van der Waals surface area contributed by atoms with Crippen LogP contribution in [-0.4, -0.2) is 17.5 Å². The minimum Gasteiger partial charge on any atom is -0.393 e. The molecule has 9 heavy (non-hydrogen) atoms. The number of aliphatic hydroxyl groups is 1. The quantitative estimate of drug-likeness (QED) is 0.557. The van der Waals surface area contributed by atoms with Gasteiger partial charge in [0.15, 0.2) is 0 Å². The molecule has 0 heterocycles. The summed E-state index contributed by atoms with van der Waals surface area (Å²) >= 11 is 0. The largest absolute Gasteiger partial charge is 0.393 e. The van der Waals surface area contributed by atoms with E-state index in [9.17, 15) is 4.79 Å². The molecule has 0 aromatic rings. The first-order chi connectivity index (χ1) is 4.33. The van der Waals surface area contributed by atoms with E-state index in [0.717, 1.165) is 25.5 Å². The van der Waals surface area contributed by atoms with Crippen molar-refractivity contribution in [3.63, 3.8) is 0 Å². The highest BCUT2D eigenvalue weighted by molar-refractivity contribution is 5.49. The number of carbonyl (C=O) groups is 1. The van der Waals surface area contributed by atoms with Gasteiger partial charge in [0, 0.05) is 6.42 Å². The summed E-state index contributed by atoms with van der Waals surface area (Å²) in [7, 11) is 0. The van der Waals surface area contributed by atoms with Gasteiger partial charge in [-0.2, -0.15) is 0 Å². The molecule has 1 N–H and O–H groups in total. The SMILES string of the molecule is O=CCC1CCC(O)C1. The number of aldehydes is 1. The maximum Gasteiger partial charge on any atom is 0.120 e. The fourth-order valence-electron chi connectivity index (χ4n) is 1.40. The monoisotopic (exact) mass is 128 g/mol. The van der Waals surface area contributed by atoms with Crippen molar-refractivity contribution in [1.82, 2.24) is 0 Å². The van der Waals surface area contributed by atoms with Crippen LogP contribution < -0.4 is 0 Å². The summed E-state index contributed by atoms with van der Waals surface area (Å²) in [4.78, 5) is 9.99. The Kier molecular flexibility index (Phi) is 2.22. The summed E-state index contributed by atoms with van der Waals surface area (Å²) in [6, 6.07) is 0. The van der Waals surface area contributed by atoms with Crippen molar-refractivity contribution in [3.05, 3.63) is 0 Å². The molecule has 1 aliphatic rings. The van der Waals surface area contributed by atoms with E-state index in [1.165, 1.54) is 0 Å². The van der Waals surface area contributed by atoms with Gasteiger partial charge < -0.3 is 9.90 Å². The second kappa shape index (κ2) is 2.97. The first kappa shape index (κ1) is 6.75. The third-order valence-electron chi connectivity index (χ3n) is 1.94. The van der Waals surface area contributed by atoms with Crippen LogP contribution in [0.3, 0.4) is 0 Å². The van der Waals surface area contributed by atoms with Crippen molar-refractivity contribution >= 4 is 6.29 Å². The van der Waals surface area contributed by atoms with Crippen LogP contribution in [0.25, 0.3) is 0 Å². The van der Waals surface area contributed by atoms with Crippen LogP contribution in [0.4, 0.5) is 0 Å². The van der Waals surface area contributed by atoms with E-state index in [-0.39, 0.29) is 6.10 Å². The van der Waals surface area contributed by atoms with E-state index in [4.69, 9.17) is 5.11 Å². The summed E-state index contributed by atoms with van der Waals surface area (Å²) in [5.74, 6) is 0.470. The summed E-state index contributed by atoms with van der Waals surface area (Å²) in [6.07, 6.45) is 4.20. The van der Waals surface area contributed by atoms with Gasteiger partial charge in [-0.3, -0.25) is 0 Å². The Morgan fingerprint density at radius 3 is 2.78 bits per heavy atom. The molecule has 1 saturated carbocycles. The van der Waals surface area contributed by atoms with Gasteiger partial charge in [0.1, 0.15) is 6.29 Å². The van der Waals surface area contributed by atoms with E-state index in [0.29, 0.717) is 12.3 Å². The van der Waals surface area contributed by atoms with Gasteiger partial charge in [-0.15, -0.1) is 0 Å². The van der Waals surface area contributed by atoms with Gasteiger partial charge in [-0.25, -0.2) is 0 Å². The van der Waals surface area contributed by atoms with Crippen molar-refractivity contribution in [2.75, 3.05) is 0 Å². The van der Waals surface area contributed by atoms with Crippen LogP contribution in [0.1, 0.15) is 25.7 Å². The fourth-order valence-corrected chi connectivity index (χ4v) is 1.40. The minimum atomic E-state index is -0.130. The maximum absolute atomic E-state index is 9.99. The lowest BCUT2D eigenvalue weighted by Crippen LogP contribution is -2.00. The van der Waals surface area contributed by atoms with Crippen molar-refractivity contribution in [2.45, 2.75) is 31.8 Å². The summed E-state index contributed by atoms with van der Waals surface area (Å²) in [5, 5.41) is 9.01. The van der Waals surface area contributed by atoms with Crippen LogP contribution in [0.2, 0.25) is 0 Å². The summed E-state index contributed by atoms with van der Waals surface area (Å²) in [6.45, 7) is 0. The molecule has 2 heteroatoms. The Bertz CT molecular complexity index is 101. The molecule has 1 fully saturated rings. The van der Waals surface area contributed by atoms with Crippen LogP contribution in [0.15, 0.2) is 0 Å². The summed E-state index contributed by atoms with van der Waals surface area (Å²) < 4.78 is 0. The van der Waals surface area contributed by atoms with Crippen LogP contribution in [-0.2, 0) is 4.79 Å². The highest BCUT2D eigenvalue weighted by atomic mass is 16.3. The molecule has 0 aromatic heterocycles. The van der Waals surface area contributed by atoms with Gasteiger partial charge in [-0.1, -0.05) is 0 Å². The molecule has 52 valence electrons. The number of carbonyl (C=O) groups excluding carboxylic acids is 1. The molecule has 0 spiro atoms. The van der Waals surface area contributed by atoms with Gasteiger partial charge >= 0.3 is 0 Å². The topological polar surface area (TPSA) is 37.3 Å². The van der Waals surface area contributed by atoms with Crippen molar-refractivity contribution < 1.29 is 9.90 Å². The van der Waals surface area contributed by atoms with Gasteiger partial charge in [0.25, 0.3) is 0 Å². The van der Waals surface area contributed by atoms with E-state index < -0.39 is 0 Å². The van der Waals surface area contributed by atoms with E-state index in [1.807, 2.05) is 0 Å². The van der Waals surface area contributed by atoms with Crippen LogP contribution in [0, 0.1) is 5.92 Å². The number of rotatable bonds is 2. The Labute approximate surface area is 54.9 Å². The predicted molar refractivity (Wildman–Crippen MR) is 34.0 cm³/mol. The van der Waals surface area contributed by atoms with Crippen LogP contribution in [0.5, 0.6) is 0 Å². The Balaban J connectivity index is 2.21. The molecule has 0 aliphatic heterocycles. The highest BCUT2D eigenvalue weighted by Crippen LogP contribution is 2.26. The lowest BCUT2D eigenvalue weighted by atomic mass is 10.1. The normalized spacial score (nSPS) is 34.8. The fraction of sp³-hybridized carbons (Fsp3) is 0.857. The molecule has 0 aromatic carbocycles. The average molecular weight is 128 g/mol. The lowest BCUT2D eigenvalue weighted by molar-refractivity contribution is -0.108. The standard InChI is InChI=1S/C7H12O2/c8-4-3-6-1-2-7(9)5-6/h4,6-7,9H,1-3,5H2. The number of aliphatic hydroxyl groups excluding tert-OH is 1. The Hall–Kier alpha value is -0.370. The molecule has 0 bridgehead atoms. The molecular weight excluding hydrogens is 116 g/mol. The van der Waals surface area contributed by atoms with Crippen LogP contribution >= 0.6 is 0 Å². The molecule has 0 radical (unpaired) electrons. The molecule has 0 saturated heterocycles. The molecule has 2 nitrogen and oxygen atoms in total. The van der Waals surface area contributed by atoms with Crippen molar-refractivity contribution in [3.8, 4) is 0 Å². The molecule has 0 amide bonds. The summed E-state index contributed by atoms with van der Waals surface area (Å²) in [5.41, 5.74) is 0. The zero-order chi connectivity index (χ0) is 6.69. The first-order valence-electron chi connectivity index (χ1n) is 3.44. The highest BCUT2D eigenvalue weighted by Gasteiger charge is 2.21. The molecule has 2 atom stereocenters. The smallest absolute Gasteiger partial charge is 0.120 e. The van der Waals surface area contributed by atoms with Gasteiger partial charge in [0.05, 0.1) is 6.10 Å². The Morgan fingerprint density at radius 2 is 2.33 bits per heavy atom. The Morgan fingerprint density at radius 1 is 1.56 bits per heavy atom. The van der Waals surface area contributed by atoms with Crippen molar-refractivity contribution in [1.29, 1.82) is 0 Å². The second-order valence-corrected chi connectivity index (χ2v) is 2.74. The third-order valence-corrected chi connectivity index (χ3v) is 1.94. The molecule has 2 unspecified atom stereocenters. The van der Waals surface area contributed by atoms with Gasteiger partial charge in [0.2, 0.25) is 0 Å². The zero-order valence-electron chi connectivity index (χ0n) is 5.42. The molecule has 1 rings (SSSR count). The average Bonchev–Trinajstić information content (AvgIpc) is 2.17. The number of hydrogen-bond acceptors (Lipinski definition) is 2. The molecular formula is C7H12O2. The first-order valence-corrected chi connectivity index (χ1v) is 3.44. The number of hydrogen-bond donors (Lipinski definition) is 1. The minimum absolute atomic E-state index is 0.130. The predicted octanol–water partition coefficient (Wildman–Crippen LogP) is 0.736. The second-order valence-electron chi connectivity index (χ2n) is 2.74. The van der Waals surface area contributed by atoms with Crippen molar-refractivity contribution in [2.24, 2.45) is 5.92 Å². The van der Waals surface area contributed by atoms with Gasteiger partial charge in [-0.05, 0) is 25.2 Å².